The average molecular weight is 422 g/mol. The Kier molecular flexibility index (Phi) is 7.54. The van der Waals surface area contributed by atoms with Crippen molar-refractivity contribution in [2.75, 3.05) is 20.7 Å². The van der Waals surface area contributed by atoms with Gasteiger partial charge in [-0.1, -0.05) is 30.3 Å². The largest absolute Gasteiger partial charge is 0.493 e. The van der Waals surface area contributed by atoms with Crippen molar-refractivity contribution in [3.05, 3.63) is 71.5 Å². The van der Waals surface area contributed by atoms with Crippen LogP contribution in [0.15, 0.2) is 59.6 Å². The standard InChI is InChI=1S/C24H31N5O2/c1-17(31-23-14-10-9-13-22(23)30-5)15-26-24(25-4)27-16-21-18(2)28-29(19(21)3)20-11-7-6-8-12-20/h6-14,17H,15-16H2,1-5H3,(H2,25,26,27). The first-order chi connectivity index (χ1) is 15.0. The number of ether oxygens (including phenoxy) is 2. The maximum Gasteiger partial charge on any atom is 0.191 e. The molecule has 1 aromatic heterocycles. The molecule has 31 heavy (non-hydrogen) atoms. The highest BCUT2D eigenvalue weighted by Crippen LogP contribution is 2.26. The van der Waals surface area contributed by atoms with E-state index in [0.717, 1.165) is 34.1 Å². The highest BCUT2D eigenvalue weighted by atomic mass is 16.5. The molecule has 1 atom stereocenters. The summed E-state index contributed by atoms with van der Waals surface area (Å²) in [4.78, 5) is 4.33. The van der Waals surface area contributed by atoms with Gasteiger partial charge in [0.15, 0.2) is 17.5 Å². The van der Waals surface area contributed by atoms with Crippen molar-refractivity contribution < 1.29 is 9.47 Å². The van der Waals surface area contributed by atoms with Crippen molar-refractivity contribution in [1.29, 1.82) is 0 Å². The zero-order valence-corrected chi connectivity index (χ0v) is 18.8. The predicted molar refractivity (Wildman–Crippen MR) is 124 cm³/mol. The number of methoxy groups -OCH3 is 1. The van der Waals surface area contributed by atoms with Crippen LogP contribution in [0.25, 0.3) is 5.69 Å². The molecule has 0 saturated carbocycles. The first-order valence-electron chi connectivity index (χ1n) is 10.4. The molecular weight excluding hydrogens is 390 g/mol. The summed E-state index contributed by atoms with van der Waals surface area (Å²) in [5.74, 6) is 2.15. The number of hydrogen-bond donors (Lipinski definition) is 2. The van der Waals surface area contributed by atoms with Crippen molar-refractivity contribution in [1.82, 2.24) is 20.4 Å². The van der Waals surface area contributed by atoms with Gasteiger partial charge in [-0.2, -0.15) is 5.10 Å². The fraction of sp³-hybridized carbons (Fsp3) is 0.333. The molecular formula is C24H31N5O2. The Morgan fingerprint density at radius 2 is 1.71 bits per heavy atom. The van der Waals surface area contributed by atoms with Gasteiger partial charge in [0.1, 0.15) is 6.10 Å². The number of aromatic nitrogens is 2. The zero-order valence-electron chi connectivity index (χ0n) is 18.8. The van der Waals surface area contributed by atoms with Crippen LogP contribution in [0.5, 0.6) is 11.5 Å². The fourth-order valence-corrected chi connectivity index (χ4v) is 3.36. The molecule has 0 spiro atoms. The number of nitrogens with one attached hydrogen (secondary N) is 2. The lowest BCUT2D eigenvalue weighted by molar-refractivity contribution is 0.213. The van der Waals surface area contributed by atoms with Gasteiger partial charge in [0, 0.05) is 24.8 Å². The van der Waals surface area contributed by atoms with Gasteiger partial charge < -0.3 is 20.1 Å². The van der Waals surface area contributed by atoms with Gasteiger partial charge in [0.05, 0.1) is 25.0 Å². The highest BCUT2D eigenvalue weighted by Gasteiger charge is 2.14. The summed E-state index contributed by atoms with van der Waals surface area (Å²) >= 11 is 0. The minimum absolute atomic E-state index is 0.0702. The number of nitrogens with zero attached hydrogens (tertiary/aromatic N) is 3. The van der Waals surface area contributed by atoms with Gasteiger partial charge in [0.25, 0.3) is 0 Å². The van der Waals surface area contributed by atoms with Crippen molar-refractivity contribution in [3.8, 4) is 17.2 Å². The average Bonchev–Trinajstić information content (AvgIpc) is 3.08. The molecule has 7 heteroatoms. The van der Waals surface area contributed by atoms with Crippen LogP contribution < -0.4 is 20.1 Å². The van der Waals surface area contributed by atoms with Gasteiger partial charge in [0.2, 0.25) is 0 Å². The van der Waals surface area contributed by atoms with Crippen molar-refractivity contribution >= 4 is 5.96 Å². The van der Waals surface area contributed by atoms with Gasteiger partial charge in [-0.05, 0) is 45.0 Å². The molecule has 0 aliphatic heterocycles. The summed E-state index contributed by atoms with van der Waals surface area (Å²) in [5, 5.41) is 11.4. The molecule has 1 unspecified atom stereocenters. The monoisotopic (exact) mass is 421 g/mol. The lowest BCUT2D eigenvalue weighted by Crippen LogP contribution is -2.41. The first-order valence-corrected chi connectivity index (χ1v) is 10.4. The van der Waals surface area contributed by atoms with Gasteiger partial charge in [-0.15, -0.1) is 0 Å². The highest BCUT2D eigenvalue weighted by molar-refractivity contribution is 5.79. The number of benzene rings is 2. The second-order valence-corrected chi connectivity index (χ2v) is 7.28. The third-order valence-electron chi connectivity index (χ3n) is 5.05. The number of guanidine groups is 1. The molecule has 0 aliphatic rings. The van der Waals surface area contributed by atoms with E-state index in [4.69, 9.17) is 14.6 Å². The molecule has 7 nitrogen and oxygen atoms in total. The van der Waals surface area contributed by atoms with Crippen LogP contribution in [0.1, 0.15) is 23.9 Å². The molecule has 3 aromatic rings. The van der Waals surface area contributed by atoms with Gasteiger partial charge in [-0.3, -0.25) is 4.99 Å². The van der Waals surface area contributed by atoms with E-state index >= 15 is 0 Å². The smallest absolute Gasteiger partial charge is 0.191 e. The van der Waals surface area contributed by atoms with Gasteiger partial charge >= 0.3 is 0 Å². The second kappa shape index (κ2) is 10.5. The summed E-state index contributed by atoms with van der Waals surface area (Å²) in [7, 11) is 3.40. The van der Waals surface area contributed by atoms with Crippen LogP contribution in [0.2, 0.25) is 0 Å². The van der Waals surface area contributed by atoms with E-state index in [1.165, 1.54) is 0 Å². The Balaban J connectivity index is 1.57. The third kappa shape index (κ3) is 5.57. The number of aliphatic imine (C=N–C) groups is 1. The fourth-order valence-electron chi connectivity index (χ4n) is 3.36. The quantitative estimate of drug-likeness (QED) is 0.429. The van der Waals surface area contributed by atoms with E-state index in [-0.39, 0.29) is 6.10 Å². The maximum absolute atomic E-state index is 6.00. The molecule has 0 fully saturated rings. The van der Waals surface area contributed by atoms with Crippen LogP contribution in [0.4, 0.5) is 0 Å². The van der Waals surface area contributed by atoms with Crippen LogP contribution in [0, 0.1) is 13.8 Å². The van der Waals surface area contributed by atoms with Crippen molar-refractivity contribution in [2.24, 2.45) is 4.99 Å². The third-order valence-corrected chi connectivity index (χ3v) is 5.05. The molecule has 1 heterocycles. The Morgan fingerprint density at radius 1 is 1.03 bits per heavy atom. The lowest BCUT2D eigenvalue weighted by atomic mass is 10.2. The molecule has 2 aromatic carbocycles. The molecule has 3 rings (SSSR count). The Bertz CT molecular complexity index is 1010. The van der Waals surface area contributed by atoms with Crippen molar-refractivity contribution in [2.45, 2.75) is 33.4 Å². The Labute approximate surface area is 184 Å². The zero-order chi connectivity index (χ0) is 22.2. The number of rotatable bonds is 8. The van der Waals surface area contributed by atoms with Crippen LogP contribution in [0.3, 0.4) is 0 Å². The number of hydrogen-bond acceptors (Lipinski definition) is 4. The molecule has 0 saturated heterocycles. The molecule has 0 aliphatic carbocycles. The van der Waals surface area contributed by atoms with E-state index in [0.29, 0.717) is 19.0 Å². The minimum atomic E-state index is -0.0702. The molecule has 0 radical (unpaired) electrons. The first kappa shape index (κ1) is 22.2. The molecule has 2 N–H and O–H groups in total. The SMILES string of the molecule is CN=C(NCc1c(C)nn(-c2ccccc2)c1C)NCC(C)Oc1ccccc1OC. The maximum atomic E-state index is 6.00. The summed E-state index contributed by atoms with van der Waals surface area (Å²) in [6, 6.07) is 17.8. The predicted octanol–water partition coefficient (Wildman–Crippen LogP) is 3.63. The molecule has 0 amide bonds. The second-order valence-electron chi connectivity index (χ2n) is 7.28. The van der Waals surface area contributed by atoms with E-state index in [9.17, 15) is 0 Å². The Morgan fingerprint density at radius 3 is 2.39 bits per heavy atom. The van der Waals surface area contributed by atoms with Gasteiger partial charge in [-0.25, -0.2) is 4.68 Å². The minimum Gasteiger partial charge on any atom is -0.493 e. The number of aryl methyl sites for hydroxylation is 1. The summed E-state index contributed by atoms with van der Waals surface area (Å²) in [5.41, 5.74) is 4.32. The van der Waals surface area contributed by atoms with Crippen LogP contribution >= 0.6 is 0 Å². The topological polar surface area (TPSA) is 72.7 Å². The van der Waals surface area contributed by atoms with Crippen molar-refractivity contribution in [3.63, 3.8) is 0 Å². The molecule has 0 bridgehead atoms. The summed E-state index contributed by atoms with van der Waals surface area (Å²) < 4.78 is 13.3. The van der Waals surface area contributed by atoms with E-state index in [1.54, 1.807) is 14.2 Å². The normalized spacial score (nSPS) is 12.4. The van der Waals surface area contributed by atoms with E-state index in [2.05, 4.69) is 34.7 Å². The Hall–Kier alpha value is -3.48. The molecule has 164 valence electrons. The van der Waals surface area contributed by atoms with Crippen LogP contribution in [-0.4, -0.2) is 42.5 Å². The van der Waals surface area contributed by atoms with Crippen LogP contribution in [-0.2, 0) is 6.54 Å². The van der Waals surface area contributed by atoms with E-state index < -0.39 is 0 Å². The lowest BCUT2D eigenvalue weighted by Gasteiger charge is -2.19. The summed E-state index contributed by atoms with van der Waals surface area (Å²) in [6.45, 7) is 7.35. The summed E-state index contributed by atoms with van der Waals surface area (Å²) in [6.07, 6.45) is -0.0702. The van der Waals surface area contributed by atoms with E-state index in [1.807, 2.05) is 61.0 Å². The number of para-hydroxylation sites is 3.